The van der Waals surface area contributed by atoms with Crippen molar-refractivity contribution in [3.63, 3.8) is 0 Å². The fourth-order valence-electron chi connectivity index (χ4n) is 4.70. The summed E-state index contributed by atoms with van der Waals surface area (Å²) >= 11 is 6.13. The fourth-order valence-corrected chi connectivity index (χ4v) is 4.87. The minimum Gasteiger partial charge on any atom is -0.476 e. The van der Waals surface area contributed by atoms with Crippen LogP contribution < -0.4 is 20.3 Å². The van der Waals surface area contributed by atoms with Gasteiger partial charge in [0.05, 0.1) is 5.69 Å². The third-order valence-corrected chi connectivity index (χ3v) is 5.69. The second-order valence-electron chi connectivity index (χ2n) is 10.00. The van der Waals surface area contributed by atoms with E-state index >= 15 is 0 Å². The van der Waals surface area contributed by atoms with E-state index in [0.29, 0.717) is 16.5 Å². The van der Waals surface area contributed by atoms with E-state index in [1.165, 1.54) is 0 Å². The molecule has 2 heterocycles. The Bertz CT molecular complexity index is 804. The largest absolute Gasteiger partial charge is 0.476 e. The summed E-state index contributed by atoms with van der Waals surface area (Å²) < 4.78 is 5.83. The number of carbonyl (C=O) groups excluding carboxylic acids is 2. The molecule has 160 valence electrons. The van der Waals surface area contributed by atoms with Crippen molar-refractivity contribution in [1.82, 2.24) is 10.6 Å². The number of carbonyl (C=O) groups is 2. The number of piperidine rings is 1. The molecule has 2 N–H and O–H groups in total. The van der Waals surface area contributed by atoms with Gasteiger partial charge >= 0.3 is 0 Å². The maximum absolute atomic E-state index is 12.9. The van der Waals surface area contributed by atoms with Crippen LogP contribution in [0.2, 0.25) is 5.02 Å². The summed E-state index contributed by atoms with van der Waals surface area (Å²) in [6, 6.07) is 5.31. The molecule has 0 saturated carbocycles. The van der Waals surface area contributed by atoms with Gasteiger partial charge in [0.15, 0.2) is 5.60 Å². The van der Waals surface area contributed by atoms with Gasteiger partial charge in [-0.05, 0) is 72.6 Å². The van der Waals surface area contributed by atoms with Gasteiger partial charge in [-0.2, -0.15) is 0 Å². The zero-order valence-electron chi connectivity index (χ0n) is 18.2. The third-order valence-electron chi connectivity index (χ3n) is 5.45. The molecule has 0 aliphatic carbocycles. The number of rotatable bonds is 4. The molecular formula is C22H32ClN3O3. The van der Waals surface area contributed by atoms with Crippen LogP contribution in [0.5, 0.6) is 5.75 Å². The Labute approximate surface area is 178 Å². The number of ether oxygens (including phenoxy) is 1. The van der Waals surface area contributed by atoms with Gasteiger partial charge in [-0.1, -0.05) is 11.6 Å². The Kier molecular flexibility index (Phi) is 5.65. The SMILES string of the molecule is CC1(C)CC(NC(=O)CCN2C(=O)C(C)(C)Oc3ccc(Cl)cc32)CC(C)(C)N1. The lowest BCUT2D eigenvalue weighted by Crippen LogP contribution is -2.62. The van der Waals surface area contributed by atoms with Crippen LogP contribution in [-0.2, 0) is 9.59 Å². The van der Waals surface area contributed by atoms with E-state index in [9.17, 15) is 9.59 Å². The predicted octanol–water partition coefficient (Wildman–Crippen LogP) is 3.66. The molecule has 0 atom stereocenters. The molecule has 1 aromatic carbocycles. The summed E-state index contributed by atoms with van der Waals surface area (Å²) in [5.74, 6) is 0.370. The van der Waals surface area contributed by atoms with E-state index in [0.717, 1.165) is 12.8 Å². The molecule has 1 saturated heterocycles. The van der Waals surface area contributed by atoms with Crippen molar-refractivity contribution in [3.8, 4) is 5.75 Å². The van der Waals surface area contributed by atoms with Crippen LogP contribution in [0.25, 0.3) is 0 Å². The number of fused-ring (bicyclic) bond motifs is 1. The number of benzene rings is 1. The number of hydrogen-bond donors (Lipinski definition) is 2. The van der Waals surface area contributed by atoms with Crippen LogP contribution in [0.3, 0.4) is 0 Å². The van der Waals surface area contributed by atoms with E-state index in [1.54, 1.807) is 36.9 Å². The average molecular weight is 422 g/mol. The van der Waals surface area contributed by atoms with E-state index < -0.39 is 5.60 Å². The van der Waals surface area contributed by atoms with Crippen LogP contribution in [0.15, 0.2) is 18.2 Å². The van der Waals surface area contributed by atoms with Crippen molar-refractivity contribution in [3.05, 3.63) is 23.2 Å². The fraction of sp³-hybridized carbons (Fsp3) is 0.636. The highest BCUT2D eigenvalue weighted by Crippen LogP contribution is 2.39. The lowest BCUT2D eigenvalue weighted by atomic mass is 9.79. The van der Waals surface area contributed by atoms with Crippen molar-refractivity contribution in [2.75, 3.05) is 11.4 Å². The molecule has 29 heavy (non-hydrogen) atoms. The standard InChI is InChI=1S/C22H32ClN3O3/c1-20(2)12-15(13-21(3,4)25-20)24-18(27)9-10-26-16-11-14(23)7-8-17(16)29-22(5,6)19(26)28/h7-8,11,15,25H,9-10,12-13H2,1-6H3,(H,24,27). The van der Waals surface area contributed by atoms with Crippen molar-refractivity contribution >= 4 is 29.1 Å². The summed E-state index contributed by atoms with van der Waals surface area (Å²) in [4.78, 5) is 27.2. The predicted molar refractivity (Wildman–Crippen MR) is 116 cm³/mol. The third kappa shape index (κ3) is 5.04. The molecule has 3 rings (SSSR count). The molecule has 2 aliphatic heterocycles. The Morgan fingerprint density at radius 2 is 1.83 bits per heavy atom. The smallest absolute Gasteiger partial charge is 0.270 e. The van der Waals surface area contributed by atoms with Crippen LogP contribution >= 0.6 is 11.6 Å². The first-order valence-electron chi connectivity index (χ1n) is 10.2. The van der Waals surface area contributed by atoms with Crippen LogP contribution in [0.1, 0.15) is 60.8 Å². The zero-order chi connectivity index (χ0) is 21.6. The molecule has 6 nitrogen and oxygen atoms in total. The summed E-state index contributed by atoms with van der Waals surface area (Å²) in [6.45, 7) is 12.4. The first kappa shape index (κ1) is 21.9. The van der Waals surface area contributed by atoms with Gasteiger partial charge in [0.1, 0.15) is 5.75 Å². The van der Waals surface area contributed by atoms with Crippen molar-refractivity contribution in [2.24, 2.45) is 0 Å². The van der Waals surface area contributed by atoms with Crippen molar-refractivity contribution < 1.29 is 14.3 Å². The first-order valence-corrected chi connectivity index (χ1v) is 10.6. The van der Waals surface area contributed by atoms with Crippen LogP contribution in [-0.4, -0.2) is 41.1 Å². The van der Waals surface area contributed by atoms with Crippen LogP contribution in [0, 0.1) is 0 Å². The molecule has 0 aromatic heterocycles. The highest BCUT2D eigenvalue weighted by molar-refractivity contribution is 6.31. The van der Waals surface area contributed by atoms with Gasteiger partial charge in [-0.25, -0.2) is 0 Å². The minimum absolute atomic E-state index is 0.0421. The number of halogens is 1. The summed E-state index contributed by atoms with van der Waals surface area (Å²) in [5.41, 5.74) is -0.460. The zero-order valence-corrected chi connectivity index (χ0v) is 18.9. The second kappa shape index (κ2) is 7.47. The highest BCUT2D eigenvalue weighted by atomic mass is 35.5. The molecule has 0 radical (unpaired) electrons. The van der Waals surface area contributed by atoms with Gasteiger partial charge in [0.2, 0.25) is 5.91 Å². The Morgan fingerprint density at radius 1 is 1.21 bits per heavy atom. The second-order valence-corrected chi connectivity index (χ2v) is 10.4. The van der Waals surface area contributed by atoms with Gasteiger partial charge < -0.3 is 20.3 Å². The molecular weight excluding hydrogens is 390 g/mol. The van der Waals surface area contributed by atoms with E-state index in [4.69, 9.17) is 16.3 Å². The number of anilines is 1. The van der Waals surface area contributed by atoms with E-state index in [-0.39, 0.29) is 41.9 Å². The number of nitrogens with one attached hydrogen (secondary N) is 2. The molecule has 1 fully saturated rings. The van der Waals surface area contributed by atoms with Crippen molar-refractivity contribution in [1.29, 1.82) is 0 Å². The lowest BCUT2D eigenvalue weighted by molar-refractivity contribution is -0.132. The molecule has 0 bridgehead atoms. The maximum atomic E-state index is 12.9. The Balaban J connectivity index is 1.68. The van der Waals surface area contributed by atoms with Gasteiger partial charge in [-0.15, -0.1) is 0 Å². The molecule has 2 aliphatic rings. The molecule has 2 amide bonds. The maximum Gasteiger partial charge on any atom is 0.270 e. The lowest BCUT2D eigenvalue weighted by Gasteiger charge is -2.46. The highest BCUT2D eigenvalue weighted by Gasteiger charge is 2.41. The van der Waals surface area contributed by atoms with Crippen molar-refractivity contribution in [2.45, 2.75) is 83.5 Å². The van der Waals surface area contributed by atoms with E-state index in [1.807, 2.05) is 0 Å². The summed E-state index contributed by atoms with van der Waals surface area (Å²) in [7, 11) is 0. The average Bonchev–Trinajstić information content (AvgIpc) is 2.53. The minimum atomic E-state index is -0.986. The quantitative estimate of drug-likeness (QED) is 0.778. The van der Waals surface area contributed by atoms with Crippen LogP contribution in [0.4, 0.5) is 5.69 Å². The normalized spacial score (nSPS) is 22.6. The topological polar surface area (TPSA) is 70.7 Å². The molecule has 7 heteroatoms. The Morgan fingerprint density at radius 3 is 2.45 bits per heavy atom. The monoisotopic (exact) mass is 421 g/mol. The molecule has 1 aromatic rings. The number of amides is 2. The first-order chi connectivity index (χ1) is 13.3. The van der Waals surface area contributed by atoms with Gasteiger partial charge in [0.25, 0.3) is 5.91 Å². The molecule has 0 unspecified atom stereocenters. The van der Waals surface area contributed by atoms with Gasteiger partial charge in [-0.3, -0.25) is 9.59 Å². The van der Waals surface area contributed by atoms with Gasteiger partial charge in [0, 0.05) is 35.1 Å². The summed E-state index contributed by atoms with van der Waals surface area (Å²) in [5, 5.41) is 7.31. The summed E-state index contributed by atoms with van der Waals surface area (Å²) in [6.07, 6.45) is 1.95. The Hall–Kier alpha value is -1.79. The molecule has 0 spiro atoms. The van der Waals surface area contributed by atoms with E-state index in [2.05, 4.69) is 38.3 Å². The number of hydrogen-bond acceptors (Lipinski definition) is 4. The number of nitrogens with zero attached hydrogens (tertiary/aromatic N) is 1.